The van der Waals surface area contributed by atoms with E-state index in [1.165, 1.54) is 0 Å². The SMILES string of the molecule is CC(C)(C)c1ccc(C(Cc2ccc(C(=O)NCCS(=O)(=O)O)cc2)C(=O)Nc2ccc(-c3cc4ccccc4o3)nc2)cc1. The van der Waals surface area contributed by atoms with Gasteiger partial charge < -0.3 is 15.1 Å². The highest BCUT2D eigenvalue weighted by molar-refractivity contribution is 7.85. The van der Waals surface area contributed by atoms with Crippen LogP contribution in [0.4, 0.5) is 5.69 Å². The summed E-state index contributed by atoms with van der Waals surface area (Å²) in [6.45, 7) is 6.19. The second kappa shape index (κ2) is 13.1. The second-order valence-electron chi connectivity index (χ2n) is 11.9. The van der Waals surface area contributed by atoms with E-state index in [2.05, 4.69) is 36.4 Å². The fraction of sp³-hybridized carbons (Fsp3) is 0.229. The third-order valence-corrected chi connectivity index (χ3v) is 8.23. The normalized spacial score (nSPS) is 12.5. The summed E-state index contributed by atoms with van der Waals surface area (Å²) in [6.07, 6.45) is 1.98. The van der Waals surface area contributed by atoms with Crippen molar-refractivity contribution in [1.82, 2.24) is 10.3 Å². The minimum absolute atomic E-state index is 0.0404. The first-order valence-electron chi connectivity index (χ1n) is 14.5. The smallest absolute Gasteiger partial charge is 0.266 e. The van der Waals surface area contributed by atoms with Gasteiger partial charge in [0.2, 0.25) is 5.91 Å². The van der Waals surface area contributed by atoms with Crippen molar-refractivity contribution >= 4 is 38.6 Å². The molecule has 232 valence electrons. The predicted octanol–water partition coefficient (Wildman–Crippen LogP) is 6.37. The van der Waals surface area contributed by atoms with Gasteiger partial charge in [0.15, 0.2) is 5.76 Å². The molecule has 45 heavy (non-hydrogen) atoms. The van der Waals surface area contributed by atoms with Crippen LogP contribution in [-0.4, -0.2) is 42.1 Å². The third kappa shape index (κ3) is 8.23. The number of aromatic nitrogens is 1. The van der Waals surface area contributed by atoms with E-state index in [1.807, 2.05) is 54.6 Å². The summed E-state index contributed by atoms with van der Waals surface area (Å²) >= 11 is 0. The lowest BCUT2D eigenvalue weighted by molar-refractivity contribution is -0.117. The minimum Gasteiger partial charge on any atom is -0.454 e. The lowest BCUT2D eigenvalue weighted by atomic mass is 9.84. The molecule has 9 nitrogen and oxygen atoms in total. The number of para-hydroxylation sites is 1. The molecule has 1 unspecified atom stereocenters. The van der Waals surface area contributed by atoms with Crippen LogP contribution >= 0.6 is 0 Å². The Hall–Kier alpha value is -4.80. The number of fused-ring (bicyclic) bond motifs is 1. The molecule has 2 heterocycles. The maximum Gasteiger partial charge on any atom is 0.266 e. The molecule has 5 rings (SSSR count). The van der Waals surface area contributed by atoms with E-state index in [0.717, 1.165) is 27.7 Å². The van der Waals surface area contributed by atoms with E-state index in [9.17, 15) is 18.0 Å². The molecule has 0 aliphatic heterocycles. The zero-order chi connectivity index (χ0) is 32.2. The summed E-state index contributed by atoms with van der Waals surface area (Å²) in [7, 11) is -4.17. The zero-order valence-electron chi connectivity index (χ0n) is 25.3. The molecule has 0 aliphatic carbocycles. The van der Waals surface area contributed by atoms with Crippen molar-refractivity contribution in [2.24, 2.45) is 0 Å². The number of carbonyl (C=O) groups excluding carboxylic acids is 2. The Morgan fingerprint density at radius 1 is 0.933 bits per heavy atom. The molecule has 0 bridgehead atoms. The van der Waals surface area contributed by atoms with Gasteiger partial charge in [-0.3, -0.25) is 19.1 Å². The molecule has 1 atom stereocenters. The van der Waals surface area contributed by atoms with Gasteiger partial charge in [-0.2, -0.15) is 8.42 Å². The first-order chi connectivity index (χ1) is 21.4. The predicted molar refractivity (Wildman–Crippen MR) is 175 cm³/mol. The Morgan fingerprint density at radius 3 is 2.27 bits per heavy atom. The lowest BCUT2D eigenvalue weighted by Gasteiger charge is -2.22. The van der Waals surface area contributed by atoms with Gasteiger partial charge >= 0.3 is 0 Å². The monoisotopic (exact) mass is 625 g/mol. The molecule has 0 fully saturated rings. The van der Waals surface area contributed by atoms with Crippen LogP contribution in [0.3, 0.4) is 0 Å². The van der Waals surface area contributed by atoms with Crippen molar-refractivity contribution in [1.29, 1.82) is 0 Å². The Morgan fingerprint density at radius 2 is 1.64 bits per heavy atom. The second-order valence-corrected chi connectivity index (χ2v) is 13.5. The van der Waals surface area contributed by atoms with E-state index in [0.29, 0.717) is 29.1 Å². The summed E-state index contributed by atoms with van der Waals surface area (Å²) in [5.41, 5.74) is 5.11. The quantitative estimate of drug-likeness (QED) is 0.153. The van der Waals surface area contributed by atoms with E-state index >= 15 is 0 Å². The molecule has 10 heteroatoms. The number of nitrogens with one attached hydrogen (secondary N) is 2. The Kier molecular flexibility index (Phi) is 9.17. The average Bonchev–Trinajstić information content (AvgIpc) is 3.44. The number of carbonyl (C=O) groups is 2. The number of rotatable bonds is 10. The summed E-state index contributed by atoms with van der Waals surface area (Å²) in [5.74, 6) is -1.13. The van der Waals surface area contributed by atoms with E-state index in [1.54, 1.807) is 42.6 Å². The van der Waals surface area contributed by atoms with Crippen molar-refractivity contribution in [2.75, 3.05) is 17.6 Å². The van der Waals surface area contributed by atoms with Crippen molar-refractivity contribution in [2.45, 2.75) is 38.5 Å². The largest absolute Gasteiger partial charge is 0.454 e. The number of pyridine rings is 1. The van der Waals surface area contributed by atoms with E-state index < -0.39 is 27.7 Å². The number of anilines is 1. The highest BCUT2D eigenvalue weighted by atomic mass is 32.2. The molecule has 5 aromatic rings. The van der Waals surface area contributed by atoms with Crippen LogP contribution in [0, 0.1) is 0 Å². The standard InChI is InChI=1S/C35H35N3O6S/c1-35(2,3)27-14-12-24(13-15-27)29(20-23-8-10-25(11-9-23)33(39)36-18-19-45(41,42)43)34(40)38-28-16-17-30(37-22-28)32-21-26-6-4-5-7-31(26)44-32/h4-17,21-22,29H,18-20H2,1-3H3,(H,36,39)(H,38,40)(H,41,42,43). The van der Waals surface area contributed by atoms with Crippen molar-refractivity contribution in [3.8, 4) is 11.5 Å². The van der Waals surface area contributed by atoms with Crippen molar-refractivity contribution in [3.63, 3.8) is 0 Å². The number of amides is 2. The molecule has 2 aromatic heterocycles. The summed E-state index contributed by atoms with van der Waals surface area (Å²) in [4.78, 5) is 30.7. The summed E-state index contributed by atoms with van der Waals surface area (Å²) in [5, 5.41) is 6.47. The minimum atomic E-state index is -4.17. The lowest BCUT2D eigenvalue weighted by Crippen LogP contribution is -2.28. The summed E-state index contributed by atoms with van der Waals surface area (Å²) < 4.78 is 36.6. The topological polar surface area (TPSA) is 139 Å². The molecule has 0 aliphatic rings. The van der Waals surface area contributed by atoms with Crippen molar-refractivity contribution in [3.05, 3.63) is 119 Å². The fourth-order valence-electron chi connectivity index (χ4n) is 4.95. The van der Waals surface area contributed by atoms with Gasteiger partial charge in [0.1, 0.15) is 11.3 Å². The summed E-state index contributed by atoms with van der Waals surface area (Å²) in [6, 6.07) is 28.1. The van der Waals surface area contributed by atoms with Crippen molar-refractivity contribution < 1.29 is 27.0 Å². The fourth-order valence-corrected chi connectivity index (χ4v) is 5.31. The van der Waals surface area contributed by atoms with Gasteiger partial charge in [0.25, 0.3) is 16.0 Å². The maximum absolute atomic E-state index is 13.8. The first-order valence-corrected chi connectivity index (χ1v) is 16.2. The van der Waals surface area contributed by atoms with Gasteiger partial charge in [-0.05, 0) is 64.9 Å². The van der Waals surface area contributed by atoms with Crippen LogP contribution in [0.1, 0.15) is 53.7 Å². The van der Waals surface area contributed by atoms with Gasteiger partial charge in [0.05, 0.1) is 23.6 Å². The van der Waals surface area contributed by atoms with Crippen LogP contribution < -0.4 is 10.6 Å². The number of benzene rings is 3. The molecular weight excluding hydrogens is 590 g/mol. The number of hydrogen-bond donors (Lipinski definition) is 3. The van der Waals surface area contributed by atoms with Gasteiger partial charge in [-0.1, -0.05) is 75.4 Å². The van der Waals surface area contributed by atoms with E-state index in [-0.39, 0.29) is 17.9 Å². The number of nitrogens with zero attached hydrogens (tertiary/aromatic N) is 1. The maximum atomic E-state index is 13.8. The molecule has 0 saturated heterocycles. The highest BCUT2D eigenvalue weighted by Crippen LogP contribution is 2.29. The average molecular weight is 626 g/mol. The van der Waals surface area contributed by atoms with Crippen LogP contribution in [-0.2, 0) is 26.7 Å². The molecule has 3 N–H and O–H groups in total. The third-order valence-electron chi connectivity index (χ3n) is 7.51. The van der Waals surface area contributed by atoms with Gasteiger partial charge in [-0.25, -0.2) is 0 Å². The molecule has 0 radical (unpaired) electrons. The van der Waals surface area contributed by atoms with Gasteiger partial charge in [0, 0.05) is 17.5 Å². The highest BCUT2D eigenvalue weighted by Gasteiger charge is 2.23. The Balaban J connectivity index is 1.33. The number of hydrogen-bond acceptors (Lipinski definition) is 6. The molecule has 2 amide bonds. The molecular formula is C35H35N3O6S. The number of furan rings is 1. The van der Waals surface area contributed by atoms with Crippen LogP contribution in [0.15, 0.2) is 102 Å². The zero-order valence-corrected chi connectivity index (χ0v) is 26.1. The van der Waals surface area contributed by atoms with Crippen LogP contribution in [0.2, 0.25) is 0 Å². The first kappa shape index (κ1) is 31.6. The van der Waals surface area contributed by atoms with Gasteiger partial charge in [-0.15, -0.1) is 0 Å². The Bertz CT molecular complexity index is 1870. The molecule has 0 spiro atoms. The molecule has 0 saturated carbocycles. The Labute approximate surface area is 262 Å². The molecule has 3 aromatic carbocycles. The van der Waals surface area contributed by atoms with E-state index in [4.69, 9.17) is 8.97 Å². The van der Waals surface area contributed by atoms with Crippen LogP contribution in [0.5, 0.6) is 0 Å². The van der Waals surface area contributed by atoms with Crippen LogP contribution in [0.25, 0.3) is 22.4 Å².